The molecule has 0 bridgehead atoms. The van der Waals surface area contributed by atoms with E-state index in [2.05, 4.69) is 25.7 Å². The summed E-state index contributed by atoms with van der Waals surface area (Å²) < 4.78 is 32.7. The van der Waals surface area contributed by atoms with Crippen LogP contribution in [-0.4, -0.2) is 42.7 Å². The second-order valence-corrected chi connectivity index (χ2v) is 8.34. The molecule has 1 heterocycles. The summed E-state index contributed by atoms with van der Waals surface area (Å²) in [6.45, 7) is 9.79. The highest BCUT2D eigenvalue weighted by Gasteiger charge is 2.70. The first-order chi connectivity index (χ1) is 9.16. The molecule has 2 aliphatic carbocycles. The van der Waals surface area contributed by atoms with E-state index in [9.17, 15) is 8.78 Å². The van der Waals surface area contributed by atoms with Crippen molar-refractivity contribution in [3.63, 3.8) is 0 Å². The van der Waals surface area contributed by atoms with Crippen molar-refractivity contribution in [2.75, 3.05) is 26.2 Å². The number of hydrogen-bond donors (Lipinski definition) is 0. The predicted octanol–water partition coefficient (Wildman–Crippen LogP) is 3.70. The van der Waals surface area contributed by atoms with Crippen molar-refractivity contribution in [1.29, 1.82) is 0 Å². The zero-order valence-electron chi connectivity index (χ0n) is 13.0. The number of likely N-dealkylation sites (tertiary alicyclic amines) is 1. The summed E-state index contributed by atoms with van der Waals surface area (Å²) in [5, 5.41) is 0. The first-order valence-electron chi connectivity index (χ1n) is 7.90. The quantitative estimate of drug-likeness (QED) is 0.781. The normalized spacial score (nSPS) is 30.4. The Bertz CT molecular complexity index is 376. The van der Waals surface area contributed by atoms with Crippen molar-refractivity contribution in [3.8, 4) is 0 Å². The fraction of sp³-hybridized carbons (Fsp3) is 1.00. The van der Waals surface area contributed by atoms with Crippen molar-refractivity contribution >= 4 is 0 Å². The molecule has 1 aliphatic heterocycles. The molecule has 0 N–H and O–H groups in total. The lowest BCUT2D eigenvalue weighted by Crippen LogP contribution is -2.41. The maximum absolute atomic E-state index is 13.4. The van der Waals surface area contributed by atoms with Crippen LogP contribution >= 0.6 is 0 Å². The SMILES string of the molecule is CC(C)(C)OCC1(CN2CCC3(CC2)CC3(F)F)CC1. The predicted molar refractivity (Wildman–Crippen MR) is 75.0 cm³/mol. The Morgan fingerprint density at radius 2 is 1.60 bits per heavy atom. The van der Waals surface area contributed by atoms with Crippen LogP contribution in [-0.2, 0) is 4.74 Å². The minimum Gasteiger partial charge on any atom is -0.375 e. The van der Waals surface area contributed by atoms with Gasteiger partial charge in [0.2, 0.25) is 0 Å². The summed E-state index contributed by atoms with van der Waals surface area (Å²) in [6, 6.07) is 0. The monoisotopic (exact) mass is 287 g/mol. The van der Waals surface area contributed by atoms with Gasteiger partial charge >= 0.3 is 0 Å². The van der Waals surface area contributed by atoms with Gasteiger partial charge in [-0.1, -0.05) is 0 Å². The second kappa shape index (κ2) is 4.39. The molecule has 116 valence electrons. The third-order valence-electron chi connectivity index (χ3n) is 5.35. The fourth-order valence-corrected chi connectivity index (χ4v) is 3.43. The molecule has 0 radical (unpaired) electrons. The number of hydrogen-bond acceptors (Lipinski definition) is 2. The van der Waals surface area contributed by atoms with Crippen LogP contribution in [0.2, 0.25) is 0 Å². The number of piperidine rings is 1. The molecule has 0 unspecified atom stereocenters. The van der Waals surface area contributed by atoms with E-state index in [4.69, 9.17) is 4.74 Å². The first-order valence-corrected chi connectivity index (χ1v) is 7.90. The third kappa shape index (κ3) is 2.87. The van der Waals surface area contributed by atoms with Gasteiger partial charge in [-0.05, 0) is 59.5 Å². The van der Waals surface area contributed by atoms with Crippen LogP contribution in [0.15, 0.2) is 0 Å². The molecule has 2 nitrogen and oxygen atoms in total. The molecule has 20 heavy (non-hydrogen) atoms. The van der Waals surface area contributed by atoms with Crippen LogP contribution < -0.4 is 0 Å². The van der Waals surface area contributed by atoms with Gasteiger partial charge in [0, 0.05) is 23.8 Å². The van der Waals surface area contributed by atoms with E-state index >= 15 is 0 Å². The van der Waals surface area contributed by atoms with E-state index in [1.807, 2.05) is 0 Å². The van der Waals surface area contributed by atoms with Crippen LogP contribution in [0.4, 0.5) is 8.78 Å². The lowest BCUT2D eigenvalue weighted by Gasteiger charge is -2.35. The summed E-state index contributed by atoms with van der Waals surface area (Å²) in [7, 11) is 0. The molecule has 3 aliphatic rings. The van der Waals surface area contributed by atoms with Gasteiger partial charge in [0.15, 0.2) is 0 Å². The Morgan fingerprint density at radius 1 is 1.05 bits per heavy atom. The maximum atomic E-state index is 13.4. The van der Waals surface area contributed by atoms with Crippen LogP contribution in [0, 0.1) is 10.8 Å². The van der Waals surface area contributed by atoms with Gasteiger partial charge < -0.3 is 9.64 Å². The molecule has 4 heteroatoms. The summed E-state index contributed by atoms with van der Waals surface area (Å²) in [5.74, 6) is -2.37. The highest BCUT2D eigenvalue weighted by molar-refractivity contribution is 5.12. The average Bonchev–Trinajstić information content (AvgIpc) is 3.19. The van der Waals surface area contributed by atoms with Crippen molar-refractivity contribution in [3.05, 3.63) is 0 Å². The standard InChI is InChI=1S/C16H27F2NO/c1-13(2,3)20-12-14(4-5-14)11-19-8-6-15(7-9-19)10-16(15,17)18/h4-12H2,1-3H3. The Labute approximate surface area is 120 Å². The lowest BCUT2D eigenvalue weighted by atomic mass is 9.92. The zero-order valence-corrected chi connectivity index (χ0v) is 13.0. The van der Waals surface area contributed by atoms with E-state index in [1.165, 1.54) is 12.8 Å². The Balaban J connectivity index is 1.46. The van der Waals surface area contributed by atoms with Crippen molar-refractivity contribution < 1.29 is 13.5 Å². The first kappa shape index (κ1) is 14.7. The minimum absolute atomic E-state index is 0.0857. The van der Waals surface area contributed by atoms with Crippen LogP contribution in [0.1, 0.15) is 52.9 Å². The minimum atomic E-state index is -2.37. The van der Waals surface area contributed by atoms with Gasteiger partial charge in [-0.25, -0.2) is 8.78 Å². The van der Waals surface area contributed by atoms with E-state index in [0.717, 1.165) is 26.2 Å². The van der Waals surface area contributed by atoms with Crippen molar-refractivity contribution in [2.45, 2.75) is 64.4 Å². The third-order valence-corrected chi connectivity index (χ3v) is 5.35. The van der Waals surface area contributed by atoms with Gasteiger partial charge in [0.05, 0.1) is 12.2 Å². The molecule has 3 rings (SSSR count). The van der Waals surface area contributed by atoms with Gasteiger partial charge in [-0.15, -0.1) is 0 Å². The number of rotatable bonds is 4. The van der Waals surface area contributed by atoms with E-state index in [-0.39, 0.29) is 12.0 Å². The fourth-order valence-electron chi connectivity index (χ4n) is 3.43. The molecule has 3 fully saturated rings. The number of ether oxygens (including phenoxy) is 1. The maximum Gasteiger partial charge on any atom is 0.254 e. The number of alkyl halides is 2. The highest BCUT2D eigenvalue weighted by Crippen LogP contribution is 2.66. The molecule has 0 aromatic rings. The molecule has 0 atom stereocenters. The molecular weight excluding hydrogens is 260 g/mol. The summed E-state index contributed by atoms with van der Waals surface area (Å²) >= 11 is 0. The van der Waals surface area contributed by atoms with Crippen LogP contribution in [0.25, 0.3) is 0 Å². The highest BCUT2D eigenvalue weighted by atomic mass is 19.3. The Kier molecular flexibility index (Phi) is 3.23. The van der Waals surface area contributed by atoms with E-state index in [0.29, 0.717) is 18.3 Å². The van der Waals surface area contributed by atoms with Gasteiger partial charge in [0.1, 0.15) is 0 Å². The zero-order chi connectivity index (χ0) is 14.6. The molecule has 0 aromatic carbocycles. The number of halogens is 2. The van der Waals surface area contributed by atoms with Crippen LogP contribution in [0.3, 0.4) is 0 Å². The molecule has 2 saturated carbocycles. The summed E-state index contributed by atoms with van der Waals surface area (Å²) in [4.78, 5) is 2.39. The molecule has 1 saturated heterocycles. The summed E-state index contributed by atoms with van der Waals surface area (Å²) in [5.41, 5.74) is -0.399. The van der Waals surface area contributed by atoms with Gasteiger partial charge in [0.25, 0.3) is 5.92 Å². The second-order valence-electron chi connectivity index (χ2n) is 8.34. The van der Waals surface area contributed by atoms with Crippen LogP contribution in [0.5, 0.6) is 0 Å². The molecule has 1 spiro atoms. The Hall–Kier alpha value is -0.220. The smallest absolute Gasteiger partial charge is 0.254 e. The van der Waals surface area contributed by atoms with Gasteiger partial charge in [-0.2, -0.15) is 0 Å². The molecule has 0 amide bonds. The summed E-state index contributed by atoms with van der Waals surface area (Å²) in [6.07, 6.45) is 3.93. The molecular formula is C16H27F2NO. The number of nitrogens with zero attached hydrogens (tertiary/aromatic N) is 1. The Morgan fingerprint density at radius 3 is 2.00 bits per heavy atom. The molecule has 0 aromatic heterocycles. The van der Waals surface area contributed by atoms with Crippen molar-refractivity contribution in [2.24, 2.45) is 10.8 Å². The largest absolute Gasteiger partial charge is 0.375 e. The van der Waals surface area contributed by atoms with Crippen molar-refractivity contribution in [1.82, 2.24) is 4.90 Å². The van der Waals surface area contributed by atoms with Gasteiger partial charge in [-0.3, -0.25) is 0 Å². The lowest BCUT2D eigenvalue weighted by molar-refractivity contribution is -0.0381. The topological polar surface area (TPSA) is 12.5 Å². The van der Waals surface area contributed by atoms with E-state index < -0.39 is 11.3 Å². The average molecular weight is 287 g/mol. The van der Waals surface area contributed by atoms with E-state index in [1.54, 1.807) is 0 Å².